The fourth-order valence-corrected chi connectivity index (χ4v) is 4.36. The van der Waals surface area contributed by atoms with E-state index in [0.29, 0.717) is 22.7 Å². The van der Waals surface area contributed by atoms with Crippen LogP contribution in [0.3, 0.4) is 0 Å². The maximum atomic E-state index is 13.2. The summed E-state index contributed by atoms with van der Waals surface area (Å²) in [5.41, 5.74) is 0.921. The molecule has 2 aromatic rings. The third-order valence-corrected chi connectivity index (χ3v) is 5.67. The zero-order valence-electron chi connectivity index (χ0n) is 18.4. The molecule has 0 heterocycles. The second-order valence-corrected chi connectivity index (χ2v) is 9.21. The Balaban J connectivity index is 2.41. The van der Waals surface area contributed by atoms with Gasteiger partial charge in [0.15, 0.2) is 0 Å². The highest BCUT2D eigenvalue weighted by Gasteiger charge is 2.32. The van der Waals surface area contributed by atoms with Gasteiger partial charge in [-0.25, -0.2) is 8.42 Å². The van der Waals surface area contributed by atoms with Crippen LogP contribution in [0.15, 0.2) is 48.5 Å². The number of nitrogens with zero attached hydrogens (tertiary/aromatic N) is 1. The zero-order chi connectivity index (χ0) is 23.2. The molecule has 0 aliphatic carbocycles. The smallest absolute Gasteiger partial charge is 0.253 e. The van der Waals surface area contributed by atoms with E-state index in [1.165, 1.54) is 7.11 Å². The number of methoxy groups -OCH3 is 1. The first-order chi connectivity index (χ1) is 14.6. The molecule has 0 bridgehead atoms. The molecule has 0 radical (unpaired) electrons. The van der Waals surface area contributed by atoms with Gasteiger partial charge in [0, 0.05) is 12.1 Å². The van der Waals surface area contributed by atoms with E-state index in [0.717, 1.165) is 10.6 Å². The van der Waals surface area contributed by atoms with Crippen molar-refractivity contribution in [3.8, 4) is 5.75 Å². The number of sulfonamides is 1. The van der Waals surface area contributed by atoms with E-state index in [1.54, 1.807) is 55.5 Å². The van der Waals surface area contributed by atoms with Crippen LogP contribution in [-0.2, 0) is 14.8 Å². The maximum absolute atomic E-state index is 13.2. The van der Waals surface area contributed by atoms with E-state index >= 15 is 0 Å². The number of ether oxygens (including phenoxy) is 1. The van der Waals surface area contributed by atoms with Crippen molar-refractivity contribution in [3.05, 3.63) is 54.1 Å². The molecule has 0 saturated heterocycles. The molecular formula is C22H29N3O5S. The van der Waals surface area contributed by atoms with E-state index in [4.69, 9.17) is 4.74 Å². The predicted octanol–water partition coefficient (Wildman–Crippen LogP) is 3.02. The number of hydrogen-bond acceptors (Lipinski definition) is 5. The van der Waals surface area contributed by atoms with Crippen molar-refractivity contribution in [1.29, 1.82) is 0 Å². The Kier molecular flexibility index (Phi) is 8.04. The number of para-hydroxylation sites is 1. The van der Waals surface area contributed by atoms with Gasteiger partial charge in [0.05, 0.1) is 30.3 Å². The van der Waals surface area contributed by atoms with Crippen LogP contribution >= 0.6 is 0 Å². The lowest BCUT2D eigenvalue weighted by Gasteiger charge is -2.30. The summed E-state index contributed by atoms with van der Waals surface area (Å²) in [6.45, 7) is 5.40. The number of carbonyl (C=O) groups excluding carboxylic acids is 2. The van der Waals surface area contributed by atoms with E-state index < -0.39 is 22.0 Å². The zero-order valence-corrected chi connectivity index (χ0v) is 19.2. The average molecular weight is 448 g/mol. The van der Waals surface area contributed by atoms with Crippen LogP contribution in [0.25, 0.3) is 0 Å². The van der Waals surface area contributed by atoms with Crippen LogP contribution in [0.4, 0.5) is 11.4 Å². The summed E-state index contributed by atoms with van der Waals surface area (Å²) in [5, 5.41) is 5.52. The van der Waals surface area contributed by atoms with Crippen LogP contribution in [-0.4, -0.2) is 45.7 Å². The van der Waals surface area contributed by atoms with Crippen LogP contribution in [0.5, 0.6) is 5.75 Å². The monoisotopic (exact) mass is 447 g/mol. The number of carbonyl (C=O) groups is 2. The molecule has 2 amide bonds. The quantitative estimate of drug-likeness (QED) is 0.615. The van der Waals surface area contributed by atoms with Crippen LogP contribution in [0, 0.1) is 0 Å². The SMILES string of the molecule is CC[C@H](C(=O)Nc1ccccc1C(=O)NC(C)C)N(c1cccc(OC)c1)S(C)(=O)=O. The van der Waals surface area contributed by atoms with Crippen molar-refractivity contribution in [2.75, 3.05) is 23.0 Å². The Labute approximate surface area is 183 Å². The first kappa shape index (κ1) is 24.2. The molecule has 2 rings (SSSR count). The van der Waals surface area contributed by atoms with Crippen molar-refractivity contribution >= 4 is 33.2 Å². The van der Waals surface area contributed by atoms with E-state index in [1.807, 2.05) is 13.8 Å². The molecule has 0 aliphatic rings. The van der Waals surface area contributed by atoms with Gasteiger partial charge in [-0.05, 0) is 44.5 Å². The van der Waals surface area contributed by atoms with Crippen LogP contribution in [0.2, 0.25) is 0 Å². The summed E-state index contributed by atoms with van der Waals surface area (Å²) in [4.78, 5) is 25.7. The number of amides is 2. The molecular weight excluding hydrogens is 418 g/mol. The van der Waals surface area contributed by atoms with Crippen LogP contribution in [0.1, 0.15) is 37.6 Å². The lowest BCUT2D eigenvalue weighted by atomic mass is 10.1. The van der Waals surface area contributed by atoms with E-state index in [-0.39, 0.29) is 18.4 Å². The highest BCUT2D eigenvalue weighted by Crippen LogP contribution is 2.27. The van der Waals surface area contributed by atoms with E-state index in [2.05, 4.69) is 10.6 Å². The Bertz CT molecular complexity index is 1040. The van der Waals surface area contributed by atoms with Gasteiger partial charge in [-0.2, -0.15) is 0 Å². The van der Waals surface area contributed by atoms with Crippen molar-refractivity contribution < 1.29 is 22.7 Å². The van der Waals surface area contributed by atoms with Gasteiger partial charge in [-0.15, -0.1) is 0 Å². The minimum Gasteiger partial charge on any atom is -0.497 e. The minimum absolute atomic E-state index is 0.0755. The third kappa shape index (κ3) is 6.21. The topological polar surface area (TPSA) is 105 Å². The summed E-state index contributed by atoms with van der Waals surface area (Å²) in [7, 11) is -2.32. The molecule has 9 heteroatoms. The first-order valence-corrected chi connectivity index (χ1v) is 11.8. The maximum Gasteiger partial charge on any atom is 0.253 e. The van der Waals surface area contributed by atoms with Gasteiger partial charge >= 0.3 is 0 Å². The third-order valence-electron chi connectivity index (χ3n) is 4.49. The van der Waals surface area contributed by atoms with Crippen molar-refractivity contribution in [2.45, 2.75) is 39.3 Å². The fraction of sp³-hybridized carbons (Fsp3) is 0.364. The molecule has 0 spiro atoms. The molecule has 168 valence electrons. The molecule has 0 fully saturated rings. The number of nitrogens with one attached hydrogen (secondary N) is 2. The normalized spacial score (nSPS) is 12.2. The first-order valence-electron chi connectivity index (χ1n) is 9.92. The van der Waals surface area contributed by atoms with Crippen molar-refractivity contribution in [1.82, 2.24) is 5.32 Å². The molecule has 1 atom stereocenters. The molecule has 31 heavy (non-hydrogen) atoms. The largest absolute Gasteiger partial charge is 0.497 e. The summed E-state index contributed by atoms with van der Waals surface area (Å²) in [6.07, 6.45) is 1.27. The van der Waals surface area contributed by atoms with Gasteiger partial charge < -0.3 is 15.4 Å². The molecule has 2 N–H and O–H groups in total. The Hall–Kier alpha value is -3.07. The van der Waals surface area contributed by atoms with E-state index in [9.17, 15) is 18.0 Å². The highest BCUT2D eigenvalue weighted by atomic mass is 32.2. The average Bonchev–Trinajstić information content (AvgIpc) is 2.70. The molecule has 0 unspecified atom stereocenters. The standard InChI is InChI=1S/C22H29N3O5S/c1-6-20(25(31(5,28)29)16-10-9-11-17(14-16)30-4)22(27)24-19-13-8-7-12-18(19)21(26)23-15(2)3/h7-15,20H,6H2,1-5H3,(H,23,26)(H,24,27)/t20-/m1/s1. The van der Waals surface area contributed by atoms with Gasteiger partial charge in [-0.3, -0.25) is 13.9 Å². The summed E-state index contributed by atoms with van der Waals surface area (Å²) in [5.74, 6) is -0.399. The lowest BCUT2D eigenvalue weighted by molar-refractivity contribution is -0.117. The molecule has 0 aromatic heterocycles. The van der Waals surface area contributed by atoms with Crippen LogP contribution < -0.4 is 19.7 Å². The number of hydrogen-bond donors (Lipinski definition) is 2. The second kappa shape index (κ2) is 10.3. The lowest BCUT2D eigenvalue weighted by Crippen LogP contribution is -2.47. The fourth-order valence-electron chi connectivity index (χ4n) is 3.15. The van der Waals surface area contributed by atoms with Gasteiger partial charge in [-0.1, -0.05) is 25.1 Å². The summed E-state index contributed by atoms with van der Waals surface area (Å²) < 4.78 is 31.5. The Morgan fingerprint density at radius 1 is 1.10 bits per heavy atom. The van der Waals surface area contributed by atoms with Gasteiger partial charge in [0.1, 0.15) is 11.8 Å². The molecule has 0 aliphatic heterocycles. The Morgan fingerprint density at radius 3 is 2.35 bits per heavy atom. The van der Waals surface area contributed by atoms with Crippen molar-refractivity contribution in [2.24, 2.45) is 0 Å². The number of benzene rings is 2. The van der Waals surface area contributed by atoms with Gasteiger partial charge in [0.2, 0.25) is 15.9 Å². The minimum atomic E-state index is -3.80. The highest BCUT2D eigenvalue weighted by molar-refractivity contribution is 7.92. The molecule has 8 nitrogen and oxygen atoms in total. The number of anilines is 2. The molecule has 0 saturated carbocycles. The summed E-state index contributed by atoms with van der Waals surface area (Å²) >= 11 is 0. The summed E-state index contributed by atoms with van der Waals surface area (Å²) in [6, 6.07) is 12.0. The Morgan fingerprint density at radius 2 is 1.77 bits per heavy atom. The predicted molar refractivity (Wildman–Crippen MR) is 122 cm³/mol. The number of rotatable bonds is 9. The van der Waals surface area contributed by atoms with Gasteiger partial charge in [0.25, 0.3) is 5.91 Å². The van der Waals surface area contributed by atoms with Crippen molar-refractivity contribution in [3.63, 3.8) is 0 Å². The second-order valence-electron chi connectivity index (χ2n) is 7.35. The molecule has 2 aromatic carbocycles.